The van der Waals surface area contributed by atoms with Crippen molar-refractivity contribution in [3.63, 3.8) is 0 Å². The molecule has 5 nitrogen and oxygen atoms in total. The Morgan fingerprint density at radius 1 is 1.64 bits per heavy atom. The van der Waals surface area contributed by atoms with Crippen molar-refractivity contribution in [1.29, 1.82) is 0 Å². The number of carbonyl (C=O) groups is 2. The average molecular weight is 213 g/mol. The Bertz CT molecular complexity index is 369. The maximum absolute atomic E-state index is 10.9. The van der Waals surface area contributed by atoms with Gasteiger partial charge in [-0.05, 0) is 17.6 Å². The Balaban J connectivity index is 2.79. The molecule has 0 aliphatic carbocycles. The van der Waals surface area contributed by atoms with Gasteiger partial charge in [0, 0.05) is 11.5 Å². The first-order valence-electron chi connectivity index (χ1n) is 3.59. The zero-order valence-corrected chi connectivity index (χ0v) is 8.08. The van der Waals surface area contributed by atoms with Crippen molar-refractivity contribution in [2.45, 2.75) is 0 Å². The van der Waals surface area contributed by atoms with Gasteiger partial charge >= 0.3 is 5.97 Å². The third kappa shape index (κ3) is 2.40. The molecule has 0 aromatic carbocycles. The lowest BCUT2D eigenvalue weighted by Gasteiger charge is -1.94. The minimum atomic E-state index is -1.02. The molecular formula is C8H7NO4S. The highest BCUT2D eigenvalue weighted by molar-refractivity contribution is 7.03. The molecule has 0 aliphatic rings. The van der Waals surface area contributed by atoms with Crippen molar-refractivity contribution in [1.82, 2.24) is 4.37 Å². The molecule has 14 heavy (non-hydrogen) atoms. The first kappa shape index (κ1) is 10.4. The highest BCUT2D eigenvalue weighted by Crippen LogP contribution is 2.10. The van der Waals surface area contributed by atoms with E-state index >= 15 is 0 Å². The van der Waals surface area contributed by atoms with Crippen LogP contribution in [0.25, 0.3) is 5.76 Å². The maximum atomic E-state index is 10.9. The number of esters is 1. The molecule has 0 aliphatic heterocycles. The molecule has 0 atom stereocenters. The number of hydrogen-bond acceptors (Lipinski definition) is 6. The van der Waals surface area contributed by atoms with E-state index in [2.05, 4.69) is 9.11 Å². The van der Waals surface area contributed by atoms with E-state index < -0.39 is 11.8 Å². The van der Waals surface area contributed by atoms with Gasteiger partial charge < -0.3 is 9.84 Å². The van der Waals surface area contributed by atoms with Gasteiger partial charge in [-0.2, -0.15) is 4.37 Å². The molecule has 0 unspecified atom stereocenters. The zero-order chi connectivity index (χ0) is 10.6. The quantitative estimate of drug-likeness (QED) is 0.347. The summed E-state index contributed by atoms with van der Waals surface area (Å²) in [6.07, 6.45) is 0.779. The van der Waals surface area contributed by atoms with Crippen LogP contribution in [0.15, 0.2) is 17.5 Å². The number of nitrogens with zero attached hydrogens (tertiary/aromatic N) is 1. The van der Waals surface area contributed by atoms with Crippen LogP contribution in [0.1, 0.15) is 5.69 Å². The Morgan fingerprint density at radius 3 is 2.86 bits per heavy atom. The van der Waals surface area contributed by atoms with Gasteiger partial charge in [-0.15, -0.1) is 0 Å². The smallest absolute Gasteiger partial charge is 0.378 e. The topological polar surface area (TPSA) is 76.5 Å². The molecule has 1 heterocycles. The minimum Gasteiger partial charge on any atom is -0.505 e. The van der Waals surface area contributed by atoms with Crippen LogP contribution in [0, 0.1) is 0 Å². The average Bonchev–Trinajstić information content (AvgIpc) is 2.69. The summed E-state index contributed by atoms with van der Waals surface area (Å²) in [5.41, 5.74) is 0.257. The van der Waals surface area contributed by atoms with E-state index in [-0.39, 0.29) is 11.5 Å². The van der Waals surface area contributed by atoms with Crippen molar-refractivity contribution >= 4 is 29.0 Å². The second-order valence-electron chi connectivity index (χ2n) is 2.27. The number of rotatable bonds is 3. The summed E-state index contributed by atoms with van der Waals surface area (Å²) in [7, 11) is 1.09. The zero-order valence-electron chi connectivity index (χ0n) is 7.26. The fourth-order valence-electron chi connectivity index (χ4n) is 0.702. The summed E-state index contributed by atoms with van der Waals surface area (Å²) >= 11 is 1.13. The molecule has 0 amide bonds. The van der Waals surface area contributed by atoms with E-state index in [1.165, 1.54) is 6.07 Å². The first-order valence-corrected chi connectivity index (χ1v) is 4.42. The molecule has 0 bridgehead atoms. The Kier molecular flexibility index (Phi) is 3.35. The van der Waals surface area contributed by atoms with Crippen molar-refractivity contribution in [2.24, 2.45) is 0 Å². The van der Waals surface area contributed by atoms with E-state index in [0.717, 1.165) is 24.7 Å². The van der Waals surface area contributed by atoms with Crippen molar-refractivity contribution in [3.05, 3.63) is 23.2 Å². The maximum Gasteiger partial charge on any atom is 0.378 e. The van der Waals surface area contributed by atoms with Crippen molar-refractivity contribution < 1.29 is 19.4 Å². The van der Waals surface area contributed by atoms with Crippen molar-refractivity contribution in [2.75, 3.05) is 7.11 Å². The number of aromatic nitrogens is 1. The van der Waals surface area contributed by atoms with Gasteiger partial charge in [-0.3, -0.25) is 4.79 Å². The van der Waals surface area contributed by atoms with Crippen LogP contribution in [0.5, 0.6) is 0 Å². The first-order chi connectivity index (χ1) is 6.65. The second kappa shape index (κ2) is 4.52. The van der Waals surface area contributed by atoms with E-state index in [9.17, 15) is 14.7 Å². The van der Waals surface area contributed by atoms with Gasteiger partial charge in [0.2, 0.25) is 0 Å². The molecule has 0 spiro atoms. The number of carbonyl (C=O) groups excluding carboxylic acids is 2. The molecule has 0 fully saturated rings. The second-order valence-corrected chi connectivity index (χ2v) is 2.94. The SMILES string of the molecule is COC(=O)C(=O)/C=C(\O)c1ccsn1. The van der Waals surface area contributed by atoms with E-state index in [0.29, 0.717) is 0 Å². The highest BCUT2D eigenvalue weighted by Gasteiger charge is 2.13. The Morgan fingerprint density at radius 2 is 2.36 bits per heavy atom. The summed E-state index contributed by atoms with van der Waals surface area (Å²) in [6, 6.07) is 1.53. The summed E-state index contributed by atoms with van der Waals surface area (Å²) in [6.45, 7) is 0. The van der Waals surface area contributed by atoms with Crippen LogP contribution in [0.4, 0.5) is 0 Å². The van der Waals surface area contributed by atoms with Gasteiger partial charge in [0.25, 0.3) is 5.78 Å². The third-order valence-corrected chi connectivity index (χ3v) is 1.91. The Hall–Kier alpha value is -1.69. The lowest BCUT2D eigenvalue weighted by atomic mass is 10.3. The third-order valence-electron chi connectivity index (χ3n) is 1.35. The fraction of sp³-hybridized carbons (Fsp3) is 0.125. The molecule has 1 aromatic heterocycles. The van der Waals surface area contributed by atoms with Crippen LogP contribution < -0.4 is 0 Å². The van der Waals surface area contributed by atoms with E-state index in [1.54, 1.807) is 5.38 Å². The number of ether oxygens (including phenoxy) is 1. The Labute approximate surface area is 83.8 Å². The van der Waals surface area contributed by atoms with Crippen LogP contribution in [0.3, 0.4) is 0 Å². The monoisotopic (exact) mass is 213 g/mol. The predicted molar refractivity (Wildman–Crippen MR) is 49.7 cm³/mol. The lowest BCUT2D eigenvalue weighted by molar-refractivity contribution is -0.149. The number of methoxy groups -OCH3 is 1. The largest absolute Gasteiger partial charge is 0.505 e. The normalized spacial score (nSPS) is 11.1. The molecule has 1 rings (SSSR count). The number of ketones is 1. The number of aliphatic hydroxyl groups excluding tert-OH is 1. The van der Waals surface area contributed by atoms with Crippen LogP contribution in [0.2, 0.25) is 0 Å². The molecular weight excluding hydrogens is 206 g/mol. The van der Waals surface area contributed by atoms with Crippen LogP contribution in [-0.2, 0) is 14.3 Å². The fourth-order valence-corrected chi connectivity index (χ4v) is 1.22. The molecule has 1 N–H and O–H groups in total. The van der Waals surface area contributed by atoms with Gasteiger partial charge in [0.05, 0.1) is 7.11 Å². The summed E-state index contributed by atoms with van der Waals surface area (Å²) in [4.78, 5) is 21.6. The van der Waals surface area contributed by atoms with E-state index in [1.807, 2.05) is 0 Å². The molecule has 74 valence electrons. The molecule has 6 heteroatoms. The summed E-state index contributed by atoms with van der Waals surface area (Å²) < 4.78 is 7.94. The summed E-state index contributed by atoms with van der Waals surface area (Å²) in [5.74, 6) is -2.29. The minimum absolute atomic E-state index is 0.257. The number of aliphatic hydroxyl groups is 1. The van der Waals surface area contributed by atoms with Crippen molar-refractivity contribution in [3.8, 4) is 0 Å². The van der Waals surface area contributed by atoms with Gasteiger partial charge in [-0.25, -0.2) is 4.79 Å². The van der Waals surface area contributed by atoms with Gasteiger partial charge in [-0.1, -0.05) is 0 Å². The molecule has 0 radical (unpaired) electrons. The summed E-state index contributed by atoms with van der Waals surface area (Å²) in [5, 5.41) is 10.9. The van der Waals surface area contributed by atoms with Gasteiger partial charge in [0.15, 0.2) is 0 Å². The van der Waals surface area contributed by atoms with Gasteiger partial charge in [0.1, 0.15) is 11.5 Å². The molecule has 0 saturated heterocycles. The predicted octanol–water partition coefficient (Wildman–Crippen LogP) is 0.784. The lowest BCUT2D eigenvalue weighted by Crippen LogP contribution is -2.13. The highest BCUT2D eigenvalue weighted by atomic mass is 32.1. The molecule has 0 saturated carbocycles. The van der Waals surface area contributed by atoms with Crippen LogP contribution >= 0.6 is 11.5 Å². The van der Waals surface area contributed by atoms with E-state index in [4.69, 9.17) is 0 Å². The van der Waals surface area contributed by atoms with Crippen LogP contribution in [-0.4, -0.2) is 28.3 Å². The number of hydrogen-bond donors (Lipinski definition) is 1. The standard InChI is InChI=1S/C8H7NO4S/c1-13-8(12)7(11)4-6(10)5-2-3-14-9-5/h2-4,10H,1H3/b6-4-. The molecule has 1 aromatic rings.